The van der Waals surface area contributed by atoms with Crippen LogP contribution in [0.5, 0.6) is 0 Å². The molecule has 0 aromatic carbocycles. The Bertz CT molecular complexity index is 616. The van der Waals surface area contributed by atoms with Gasteiger partial charge < -0.3 is 0 Å². The number of ketones is 3. The second-order valence-electron chi connectivity index (χ2n) is 6.55. The van der Waals surface area contributed by atoms with Gasteiger partial charge in [0, 0.05) is 22.8 Å². The number of allylic oxidation sites excluding steroid dienone is 6. The van der Waals surface area contributed by atoms with Crippen LogP contribution in [0.1, 0.15) is 27.2 Å². The van der Waals surface area contributed by atoms with Gasteiger partial charge in [-0.3, -0.25) is 14.4 Å². The third-order valence-electron chi connectivity index (χ3n) is 4.75. The Morgan fingerprint density at radius 1 is 1.15 bits per heavy atom. The minimum Gasteiger partial charge on any atom is -0.294 e. The minimum absolute atomic E-state index is 0.0100. The first-order valence-corrected chi connectivity index (χ1v) is 7.08. The first kappa shape index (κ1) is 13.2. The van der Waals surface area contributed by atoms with Crippen molar-refractivity contribution in [3.8, 4) is 0 Å². The first-order chi connectivity index (χ1) is 9.34. The lowest BCUT2D eigenvalue weighted by Crippen LogP contribution is -2.47. The van der Waals surface area contributed by atoms with Crippen LogP contribution in [0.25, 0.3) is 0 Å². The van der Waals surface area contributed by atoms with E-state index in [0.29, 0.717) is 12.0 Å². The minimum atomic E-state index is -0.540. The topological polar surface area (TPSA) is 51.2 Å². The molecule has 0 bridgehead atoms. The maximum Gasteiger partial charge on any atom is 0.189 e. The molecule has 3 rings (SSSR count). The molecule has 0 fully saturated rings. The van der Waals surface area contributed by atoms with E-state index < -0.39 is 5.41 Å². The van der Waals surface area contributed by atoms with Crippen molar-refractivity contribution in [1.29, 1.82) is 0 Å². The van der Waals surface area contributed by atoms with Crippen LogP contribution in [-0.4, -0.2) is 17.3 Å². The van der Waals surface area contributed by atoms with Crippen LogP contribution in [-0.2, 0) is 14.4 Å². The predicted octanol–water partition coefficient (Wildman–Crippen LogP) is 2.43. The molecular weight excluding hydrogens is 252 g/mol. The van der Waals surface area contributed by atoms with E-state index in [1.807, 2.05) is 32.9 Å². The second kappa shape index (κ2) is 4.11. The molecule has 0 saturated heterocycles. The van der Waals surface area contributed by atoms with Gasteiger partial charge in [0.25, 0.3) is 0 Å². The van der Waals surface area contributed by atoms with Crippen molar-refractivity contribution in [3.05, 3.63) is 35.5 Å². The van der Waals surface area contributed by atoms with Crippen LogP contribution < -0.4 is 0 Å². The Labute approximate surface area is 118 Å². The zero-order valence-corrected chi connectivity index (χ0v) is 12.0. The molecule has 0 saturated carbocycles. The highest BCUT2D eigenvalue weighted by Crippen LogP contribution is 2.46. The number of carbonyl (C=O) groups excluding carboxylic acids is 3. The van der Waals surface area contributed by atoms with E-state index in [9.17, 15) is 14.4 Å². The summed E-state index contributed by atoms with van der Waals surface area (Å²) in [6.07, 6.45) is 7.70. The Kier molecular flexibility index (Phi) is 2.72. The SMILES string of the molecule is CC1C=CCC2C(=O)C3=C(C(=O)C12)C(C)(C)C=CC3=O. The maximum absolute atomic E-state index is 12.9. The molecule has 0 aliphatic heterocycles. The van der Waals surface area contributed by atoms with Gasteiger partial charge in [0.1, 0.15) is 0 Å². The zero-order valence-electron chi connectivity index (χ0n) is 12.0. The fourth-order valence-corrected chi connectivity index (χ4v) is 3.70. The summed E-state index contributed by atoms with van der Waals surface area (Å²) in [6.45, 7) is 5.75. The number of Topliss-reactive ketones (excluding diaryl/α,β-unsaturated/α-hetero) is 2. The van der Waals surface area contributed by atoms with Gasteiger partial charge in [0.05, 0.1) is 5.57 Å². The van der Waals surface area contributed by atoms with Crippen molar-refractivity contribution < 1.29 is 14.4 Å². The summed E-state index contributed by atoms with van der Waals surface area (Å²) in [6, 6.07) is 0. The van der Waals surface area contributed by atoms with Crippen molar-refractivity contribution >= 4 is 17.3 Å². The summed E-state index contributed by atoms with van der Waals surface area (Å²) in [5, 5.41) is 0. The van der Waals surface area contributed by atoms with Crippen molar-refractivity contribution in [3.63, 3.8) is 0 Å². The molecule has 3 aliphatic rings. The van der Waals surface area contributed by atoms with Crippen LogP contribution >= 0.6 is 0 Å². The van der Waals surface area contributed by atoms with Crippen molar-refractivity contribution in [2.45, 2.75) is 27.2 Å². The lowest BCUT2D eigenvalue weighted by molar-refractivity contribution is -0.134. The van der Waals surface area contributed by atoms with Crippen LogP contribution in [0.15, 0.2) is 35.5 Å². The summed E-state index contributed by atoms with van der Waals surface area (Å²) >= 11 is 0. The molecule has 104 valence electrons. The van der Waals surface area contributed by atoms with Gasteiger partial charge in [-0.15, -0.1) is 0 Å². The first-order valence-electron chi connectivity index (χ1n) is 7.08. The van der Waals surface area contributed by atoms with Crippen LogP contribution in [0.4, 0.5) is 0 Å². The van der Waals surface area contributed by atoms with Crippen LogP contribution in [0.2, 0.25) is 0 Å². The van der Waals surface area contributed by atoms with Gasteiger partial charge in [-0.25, -0.2) is 0 Å². The van der Waals surface area contributed by atoms with E-state index in [2.05, 4.69) is 0 Å². The Morgan fingerprint density at radius 2 is 1.85 bits per heavy atom. The number of hydrogen-bond donors (Lipinski definition) is 0. The van der Waals surface area contributed by atoms with E-state index in [1.165, 1.54) is 6.08 Å². The predicted molar refractivity (Wildman–Crippen MR) is 74.9 cm³/mol. The Hall–Kier alpha value is -1.77. The monoisotopic (exact) mass is 270 g/mol. The summed E-state index contributed by atoms with van der Waals surface area (Å²) in [4.78, 5) is 37.7. The largest absolute Gasteiger partial charge is 0.294 e. The molecule has 20 heavy (non-hydrogen) atoms. The molecule has 3 nitrogen and oxygen atoms in total. The molecule has 0 aromatic heterocycles. The van der Waals surface area contributed by atoms with E-state index in [0.717, 1.165) is 0 Å². The van der Waals surface area contributed by atoms with E-state index in [-0.39, 0.29) is 40.7 Å². The fourth-order valence-electron chi connectivity index (χ4n) is 3.70. The van der Waals surface area contributed by atoms with Crippen molar-refractivity contribution in [2.75, 3.05) is 0 Å². The highest BCUT2D eigenvalue weighted by atomic mass is 16.2. The number of carbonyl (C=O) groups is 3. The van der Waals surface area contributed by atoms with Gasteiger partial charge in [0.2, 0.25) is 0 Å². The van der Waals surface area contributed by atoms with E-state index >= 15 is 0 Å². The van der Waals surface area contributed by atoms with Crippen molar-refractivity contribution in [1.82, 2.24) is 0 Å². The van der Waals surface area contributed by atoms with E-state index in [1.54, 1.807) is 6.08 Å². The lowest BCUT2D eigenvalue weighted by atomic mass is 9.59. The van der Waals surface area contributed by atoms with Gasteiger partial charge in [-0.2, -0.15) is 0 Å². The highest BCUT2D eigenvalue weighted by molar-refractivity contribution is 6.32. The van der Waals surface area contributed by atoms with Crippen LogP contribution in [0.3, 0.4) is 0 Å². The highest BCUT2D eigenvalue weighted by Gasteiger charge is 2.50. The summed E-state index contributed by atoms with van der Waals surface area (Å²) in [7, 11) is 0. The Balaban J connectivity index is 2.21. The third kappa shape index (κ3) is 1.62. The Morgan fingerprint density at radius 3 is 2.55 bits per heavy atom. The van der Waals surface area contributed by atoms with Gasteiger partial charge in [-0.1, -0.05) is 39.0 Å². The normalized spacial score (nSPS) is 35.1. The molecule has 0 aromatic rings. The van der Waals surface area contributed by atoms with Gasteiger partial charge in [-0.05, 0) is 18.4 Å². The van der Waals surface area contributed by atoms with Crippen molar-refractivity contribution in [2.24, 2.45) is 23.2 Å². The maximum atomic E-state index is 12.9. The smallest absolute Gasteiger partial charge is 0.189 e. The molecule has 3 unspecified atom stereocenters. The molecule has 3 atom stereocenters. The summed E-state index contributed by atoms with van der Waals surface area (Å²) in [5.74, 6) is -1.06. The van der Waals surface area contributed by atoms with Gasteiger partial charge in [0.15, 0.2) is 17.3 Å². The molecule has 0 amide bonds. The number of rotatable bonds is 0. The molecule has 0 N–H and O–H groups in total. The average Bonchev–Trinajstić information content (AvgIpc) is 2.38. The standard InChI is InChI=1S/C17H18O3/c1-9-5-4-6-10-12(9)16(20)14-13(15(10)19)11(18)7-8-17(14,2)3/h4-5,7-10,12H,6H2,1-3H3. The molecular formula is C17H18O3. The van der Waals surface area contributed by atoms with Gasteiger partial charge >= 0.3 is 0 Å². The fraction of sp³-hybridized carbons (Fsp3) is 0.471. The molecule has 0 radical (unpaired) electrons. The van der Waals surface area contributed by atoms with Crippen LogP contribution in [0, 0.1) is 23.2 Å². The molecule has 3 heteroatoms. The quantitative estimate of drug-likeness (QED) is 0.502. The summed E-state index contributed by atoms with van der Waals surface area (Å²) < 4.78 is 0. The lowest BCUT2D eigenvalue weighted by Gasteiger charge is -2.41. The van der Waals surface area contributed by atoms with E-state index in [4.69, 9.17) is 0 Å². The zero-order chi connectivity index (χ0) is 14.7. The summed E-state index contributed by atoms with van der Waals surface area (Å²) in [5.41, 5.74) is 0.0339. The number of hydrogen-bond acceptors (Lipinski definition) is 3. The average molecular weight is 270 g/mol. The molecule has 0 heterocycles. The molecule has 3 aliphatic carbocycles. The second-order valence-corrected chi connectivity index (χ2v) is 6.55. The number of fused-ring (bicyclic) bond motifs is 1. The third-order valence-corrected chi connectivity index (χ3v) is 4.75. The molecule has 0 spiro atoms.